The lowest BCUT2D eigenvalue weighted by Gasteiger charge is -2.12. The minimum absolute atomic E-state index is 0.481. The van der Waals surface area contributed by atoms with E-state index in [-0.39, 0.29) is 0 Å². The van der Waals surface area contributed by atoms with Gasteiger partial charge in [-0.2, -0.15) is 0 Å². The standard InChI is InChI=1S/C13H17N.C3H7NO2/c1-8-3-4-10-9(2)12-6-14-7-13(12)11(10)5-8;1-2-4-3(5)6/h3-5,9,12-14H,6-7H2,1-2H3;4H,2H2,1H3,(H,5,6). The molecular formula is C16H24N2O2. The summed E-state index contributed by atoms with van der Waals surface area (Å²) in [6.45, 7) is 9.18. The molecule has 110 valence electrons. The third-order valence-corrected chi connectivity index (χ3v) is 4.36. The number of aryl methyl sites for hydroxylation is 1. The molecule has 2 aliphatic rings. The molecule has 1 saturated heterocycles. The van der Waals surface area contributed by atoms with Gasteiger partial charge < -0.3 is 15.7 Å². The third kappa shape index (κ3) is 2.96. The Kier molecular flexibility index (Phi) is 4.65. The van der Waals surface area contributed by atoms with Gasteiger partial charge in [0, 0.05) is 19.0 Å². The molecule has 0 spiro atoms. The number of carbonyl (C=O) groups is 1. The Hall–Kier alpha value is -1.55. The summed E-state index contributed by atoms with van der Waals surface area (Å²) in [6, 6.07) is 6.99. The Bertz CT molecular complexity index is 487. The first-order chi connectivity index (χ1) is 9.54. The Labute approximate surface area is 120 Å². The first-order valence-corrected chi connectivity index (χ1v) is 7.32. The summed E-state index contributed by atoms with van der Waals surface area (Å²) in [5.74, 6) is 2.40. The fourth-order valence-corrected chi connectivity index (χ4v) is 3.38. The summed E-state index contributed by atoms with van der Waals surface area (Å²) in [5, 5.41) is 13.4. The van der Waals surface area contributed by atoms with Crippen LogP contribution in [0.15, 0.2) is 18.2 Å². The molecule has 3 unspecified atom stereocenters. The topological polar surface area (TPSA) is 61.4 Å². The van der Waals surface area contributed by atoms with Crippen LogP contribution >= 0.6 is 0 Å². The number of fused-ring (bicyclic) bond motifs is 3. The predicted octanol–water partition coefficient (Wildman–Crippen LogP) is 2.69. The summed E-state index contributed by atoms with van der Waals surface area (Å²) in [5.41, 5.74) is 4.63. The Balaban J connectivity index is 0.000000212. The fourth-order valence-electron chi connectivity index (χ4n) is 3.38. The lowest BCUT2D eigenvalue weighted by atomic mass is 9.91. The summed E-state index contributed by atoms with van der Waals surface area (Å²) in [4.78, 5) is 9.49. The largest absolute Gasteiger partial charge is 0.465 e. The number of amides is 1. The normalized spacial score (nSPS) is 26.2. The van der Waals surface area contributed by atoms with Crippen molar-refractivity contribution in [3.05, 3.63) is 34.9 Å². The van der Waals surface area contributed by atoms with Gasteiger partial charge in [0.25, 0.3) is 0 Å². The van der Waals surface area contributed by atoms with Crippen molar-refractivity contribution in [2.45, 2.75) is 32.6 Å². The van der Waals surface area contributed by atoms with Crippen molar-refractivity contribution in [3.8, 4) is 0 Å². The van der Waals surface area contributed by atoms with Gasteiger partial charge >= 0.3 is 6.09 Å². The van der Waals surface area contributed by atoms with Crippen LogP contribution in [0.1, 0.15) is 42.4 Å². The smallest absolute Gasteiger partial charge is 0.404 e. The second kappa shape index (κ2) is 6.27. The molecule has 0 aromatic heterocycles. The number of hydrogen-bond acceptors (Lipinski definition) is 2. The fraction of sp³-hybridized carbons (Fsp3) is 0.562. The molecule has 1 aliphatic heterocycles. The Morgan fingerprint density at radius 1 is 1.40 bits per heavy atom. The molecule has 3 atom stereocenters. The molecule has 1 aromatic carbocycles. The van der Waals surface area contributed by atoms with Gasteiger partial charge in [-0.05, 0) is 43.4 Å². The first kappa shape index (κ1) is 14.9. The monoisotopic (exact) mass is 276 g/mol. The van der Waals surface area contributed by atoms with E-state index in [4.69, 9.17) is 5.11 Å². The van der Waals surface area contributed by atoms with E-state index in [9.17, 15) is 4.79 Å². The van der Waals surface area contributed by atoms with E-state index >= 15 is 0 Å². The summed E-state index contributed by atoms with van der Waals surface area (Å²) >= 11 is 0. The van der Waals surface area contributed by atoms with Gasteiger partial charge in [-0.25, -0.2) is 4.79 Å². The number of hydrogen-bond donors (Lipinski definition) is 3. The van der Waals surface area contributed by atoms with E-state index in [1.54, 1.807) is 18.1 Å². The van der Waals surface area contributed by atoms with Gasteiger partial charge in [-0.1, -0.05) is 30.7 Å². The maximum absolute atomic E-state index is 9.49. The summed E-state index contributed by atoms with van der Waals surface area (Å²) < 4.78 is 0. The van der Waals surface area contributed by atoms with Crippen LogP contribution in [0.25, 0.3) is 0 Å². The molecule has 0 saturated carbocycles. The minimum atomic E-state index is -0.961. The SMILES string of the molecule is CCNC(=O)O.Cc1ccc2c(c1)C1CNCC1C2C. The number of nitrogens with one attached hydrogen (secondary N) is 2. The Morgan fingerprint density at radius 3 is 2.75 bits per heavy atom. The van der Waals surface area contributed by atoms with Crippen LogP contribution in [0.3, 0.4) is 0 Å². The van der Waals surface area contributed by atoms with Gasteiger partial charge in [-0.3, -0.25) is 0 Å². The van der Waals surface area contributed by atoms with E-state index in [0.29, 0.717) is 6.54 Å². The van der Waals surface area contributed by atoms with Gasteiger partial charge in [0.15, 0.2) is 0 Å². The van der Waals surface area contributed by atoms with Gasteiger partial charge in [0.2, 0.25) is 0 Å². The second-order valence-electron chi connectivity index (χ2n) is 5.69. The van der Waals surface area contributed by atoms with Crippen molar-refractivity contribution in [1.29, 1.82) is 0 Å². The zero-order chi connectivity index (χ0) is 14.7. The second-order valence-corrected chi connectivity index (χ2v) is 5.69. The molecule has 0 bridgehead atoms. The van der Waals surface area contributed by atoms with Crippen LogP contribution in [-0.2, 0) is 0 Å². The van der Waals surface area contributed by atoms with Crippen LogP contribution in [0.5, 0.6) is 0 Å². The maximum Gasteiger partial charge on any atom is 0.404 e. The van der Waals surface area contributed by atoms with Crippen molar-refractivity contribution in [2.24, 2.45) is 5.92 Å². The molecule has 1 fully saturated rings. The van der Waals surface area contributed by atoms with Gasteiger partial charge in [-0.15, -0.1) is 0 Å². The van der Waals surface area contributed by atoms with Crippen molar-refractivity contribution < 1.29 is 9.90 Å². The molecule has 0 radical (unpaired) electrons. The van der Waals surface area contributed by atoms with E-state index in [0.717, 1.165) is 17.8 Å². The maximum atomic E-state index is 9.49. The molecule has 4 nitrogen and oxygen atoms in total. The average molecular weight is 276 g/mol. The van der Waals surface area contributed by atoms with E-state index in [1.807, 2.05) is 0 Å². The zero-order valence-electron chi connectivity index (χ0n) is 12.4. The molecule has 1 amide bonds. The average Bonchev–Trinajstić information content (AvgIpc) is 2.95. The van der Waals surface area contributed by atoms with Crippen molar-refractivity contribution in [3.63, 3.8) is 0 Å². The van der Waals surface area contributed by atoms with Gasteiger partial charge in [0.05, 0.1) is 0 Å². The van der Waals surface area contributed by atoms with E-state index in [2.05, 4.69) is 42.7 Å². The molecule has 20 heavy (non-hydrogen) atoms. The van der Waals surface area contributed by atoms with Crippen molar-refractivity contribution >= 4 is 6.09 Å². The Morgan fingerprint density at radius 2 is 2.15 bits per heavy atom. The molecule has 1 aromatic rings. The lowest BCUT2D eigenvalue weighted by Crippen LogP contribution is -2.19. The zero-order valence-corrected chi connectivity index (χ0v) is 12.4. The molecule has 1 heterocycles. The van der Waals surface area contributed by atoms with E-state index < -0.39 is 6.09 Å². The lowest BCUT2D eigenvalue weighted by molar-refractivity contribution is 0.195. The van der Waals surface area contributed by atoms with Crippen molar-refractivity contribution in [2.75, 3.05) is 19.6 Å². The van der Waals surface area contributed by atoms with Crippen LogP contribution in [0.4, 0.5) is 4.79 Å². The highest BCUT2D eigenvalue weighted by atomic mass is 16.4. The van der Waals surface area contributed by atoms with Gasteiger partial charge in [0.1, 0.15) is 0 Å². The molecule has 4 heteroatoms. The molecule has 1 aliphatic carbocycles. The third-order valence-electron chi connectivity index (χ3n) is 4.36. The highest BCUT2D eigenvalue weighted by Gasteiger charge is 2.40. The summed E-state index contributed by atoms with van der Waals surface area (Å²) in [7, 11) is 0. The number of benzene rings is 1. The van der Waals surface area contributed by atoms with Crippen LogP contribution in [0, 0.1) is 12.8 Å². The quantitative estimate of drug-likeness (QED) is 0.739. The van der Waals surface area contributed by atoms with Crippen LogP contribution in [-0.4, -0.2) is 30.8 Å². The molecule has 3 rings (SSSR count). The van der Waals surface area contributed by atoms with Crippen LogP contribution in [0.2, 0.25) is 0 Å². The minimum Gasteiger partial charge on any atom is -0.465 e. The summed E-state index contributed by atoms with van der Waals surface area (Å²) in [6.07, 6.45) is -0.961. The molecular weight excluding hydrogens is 252 g/mol. The number of carboxylic acid groups (broad SMARTS) is 1. The highest BCUT2D eigenvalue weighted by Crippen LogP contribution is 2.47. The van der Waals surface area contributed by atoms with Crippen LogP contribution < -0.4 is 10.6 Å². The number of rotatable bonds is 1. The first-order valence-electron chi connectivity index (χ1n) is 7.32. The molecule has 3 N–H and O–H groups in total. The highest BCUT2D eigenvalue weighted by molar-refractivity contribution is 5.64. The van der Waals surface area contributed by atoms with Crippen molar-refractivity contribution in [1.82, 2.24) is 10.6 Å². The van der Waals surface area contributed by atoms with E-state index in [1.165, 1.54) is 18.7 Å². The predicted molar refractivity (Wildman–Crippen MR) is 80.4 cm³/mol.